The van der Waals surface area contributed by atoms with E-state index >= 15 is 0 Å². The zero-order chi connectivity index (χ0) is 24.7. The normalized spacial score (nSPS) is 11.0. The average molecular weight is 489 g/mol. The van der Waals surface area contributed by atoms with Gasteiger partial charge in [-0.05, 0) is 18.6 Å². The second-order valence-electron chi connectivity index (χ2n) is 7.43. The van der Waals surface area contributed by atoms with Crippen LogP contribution in [0.5, 0.6) is 0 Å². The Morgan fingerprint density at radius 1 is 1.26 bits per heavy atom. The Kier molecular flexibility index (Phi) is 8.60. The molecule has 3 aromatic rings. The summed E-state index contributed by atoms with van der Waals surface area (Å²) in [6.07, 6.45) is 4.86. The van der Waals surface area contributed by atoms with Crippen LogP contribution in [0, 0.1) is 0 Å². The Bertz CT molecular complexity index is 1240. The van der Waals surface area contributed by atoms with Gasteiger partial charge in [0.1, 0.15) is 5.82 Å². The van der Waals surface area contributed by atoms with Gasteiger partial charge >= 0.3 is 5.69 Å². The molecule has 3 aromatic heterocycles. The third-order valence-electron chi connectivity index (χ3n) is 5.14. The minimum Gasteiger partial charge on any atom is -0.383 e. The van der Waals surface area contributed by atoms with Gasteiger partial charge in [0.25, 0.3) is 5.56 Å². The Labute approximate surface area is 200 Å². The van der Waals surface area contributed by atoms with Crippen molar-refractivity contribution in [3.8, 4) is 11.4 Å². The lowest BCUT2D eigenvalue weighted by Crippen LogP contribution is -2.43. The number of aromatic amines is 1. The van der Waals surface area contributed by atoms with Gasteiger partial charge in [0.2, 0.25) is 5.91 Å². The highest BCUT2D eigenvalue weighted by molar-refractivity contribution is 7.99. The zero-order valence-electron chi connectivity index (χ0n) is 19.4. The van der Waals surface area contributed by atoms with Gasteiger partial charge in [-0.2, -0.15) is 0 Å². The number of carbonyl (C=O) groups excluding carboxylic acids is 1. The predicted octanol–water partition coefficient (Wildman–Crippen LogP) is 0.881. The number of carbonyl (C=O) groups is 1. The summed E-state index contributed by atoms with van der Waals surface area (Å²) in [5.41, 5.74) is 5.67. The van der Waals surface area contributed by atoms with Gasteiger partial charge in [-0.1, -0.05) is 25.1 Å². The third-order valence-corrected chi connectivity index (χ3v) is 6.14. The van der Waals surface area contributed by atoms with Crippen molar-refractivity contribution in [3.63, 3.8) is 0 Å². The average Bonchev–Trinajstić information content (AvgIpc) is 3.20. The lowest BCUT2D eigenvalue weighted by atomic mass is 10.2. The number of hydrogen-bond donors (Lipinski definition) is 2. The standard InChI is InChI=1S/C21H28N8O4S/c1-4-5-10-29-17(22)16(19(31)24-20(29)32)28(11-12-33-3)15(30)13-34-21-26-25-18(27(21)2)14-6-8-23-9-7-14/h6-9H,4-5,10-13,22H2,1-3H3,(H,24,31,32). The van der Waals surface area contributed by atoms with Crippen LogP contribution in [0.3, 0.4) is 0 Å². The van der Waals surface area contributed by atoms with Crippen LogP contribution in [0.2, 0.25) is 0 Å². The molecule has 12 nitrogen and oxygen atoms in total. The molecule has 0 aliphatic heterocycles. The molecule has 3 rings (SSSR count). The number of aromatic nitrogens is 6. The summed E-state index contributed by atoms with van der Waals surface area (Å²) >= 11 is 1.18. The number of nitrogens with one attached hydrogen (secondary N) is 1. The number of nitrogens with two attached hydrogens (primary N) is 1. The van der Waals surface area contributed by atoms with Crippen molar-refractivity contribution in [3.05, 3.63) is 45.4 Å². The number of thioether (sulfide) groups is 1. The van der Waals surface area contributed by atoms with Gasteiger partial charge in [0.15, 0.2) is 16.7 Å². The van der Waals surface area contributed by atoms with Gasteiger partial charge < -0.3 is 19.9 Å². The molecule has 0 atom stereocenters. The number of unbranched alkanes of at least 4 members (excludes halogenated alkanes) is 1. The fourth-order valence-electron chi connectivity index (χ4n) is 3.32. The van der Waals surface area contributed by atoms with E-state index in [2.05, 4.69) is 20.2 Å². The minimum absolute atomic E-state index is 0.0288. The van der Waals surface area contributed by atoms with Crippen LogP contribution in [0.25, 0.3) is 11.4 Å². The van der Waals surface area contributed by atoms with Crippen LogP contribution < -0.4 is 21.9 Å². The SMILES string of the molecule is CCCCn1c(N)c(N(CCOC)C(=O)CSc2nnc(-c3ccncc3)n2C)c(=O)[nH]c1=O. The lowest BCUT2D eigenvalue weighted by Gasteiger charge is -2.24. The van der Waals surface area contributed by atoms with E-state index in [4.69, 9.17) is 10.5 Å². The van der Waals surface area contributed by atoms with Crippen molar-refractivity contribution in [2.24, 2.45) is 7.05 Å². The Morgan fingerprint density at radius 2 is 2.00 bits per heavy atom. The molecule has 0 aromatic carbocycles. The maximum Gasteiger partial charge on any atom is 0.330 e. The molecule has 182 valence electrons. The molecule has 1 amide bonds. The third kappa shape index (κ3) is 5.54. The first-order valence-corrected chi connectivity index (χ1v) is 11.7. The molecule has 34 heavy (non-hydrogen) atoms. The number of anilines is 2. The molecule has 0 radical (unpaired) electrons. The van der Waals surface area contributed by atoms with Gasteiger partial charge in [-0.3, -0.25) is 24.1 Å². The van der Waals surface area contributed by atoms with Crippen molar-refractivity contribution >= 4 is 29.2 Å². The number of nitrogen functional groups attached to an aromatic ring is 1. The molecule has 0 bridgehead atoms. The Hall–Kier alpha value is -3.45. The predicted molar refractivity (Wildman–Crippen MR) is 130 cm³/mol. The molecule has 13 heteroatoms. The highest BCUT2D eigenvalue weighted by Gasteiger charge is 2.25. The van der Waals surface area contributed by atoms with Gasteiger partial charge in [-0.25, -0.2) is 4.79 Å². The van der Waals surface area contributed by atoms with E-state index in [1.54, 1.807) is 24.0 Å². The first-order chi connectivity index (χ1) is 16.4. The van der Waals surface area contributed by atoms with Gasteiger partial charge in [0, 0.05) is 45.2 Å². The van der Waals surface area contributed by atoms with Crippen LogP contribution in [0.1, 0.15) is 19.8 Å². The summed E-state index contributed by atoms with van der Waals surface area (Å²) in [6.45, 7) is 2.59. The first-order valence-electron chi connectivity index (χ1n) is 10.7. The van der Waals surface area contributed by atoms with Gasteiger partial charge in [-0.15, -0.1) is 10.2 Å². The van der Waals surface area contributed by atoms with Crippen molar-refractivity contribution in [1.29, 1.82) is 0 Å². The maximum absolute atomic E-state index is 13.2. The highest BCUT2D eigenvalue weighted by atomic mass is 32.2. The van der Waals surface area contributed by atoms with E-state index in [-0.39, 0.29) is 36.3 Å². The molecule has 0 unspecified atom stereocenters. The largest absolute Gasteiger partial charge is 0.383 e. The summed E-state index contributed by atoms with van der Waals surface area (Å²) in [7, 11) is 3.30. The number of rotatable bonds is 11. The van der Waals surface area contributed by atoms with Crippen molar-refractivity contribution in [2.75, 3.05) is 36.6 Å². The molecule has 0 saturated heterocycles. The number of amides is 1. The molecule has 0 aliphatic carbocycles. The number of hydrogen-bond acceptors (Lipinski definition) is 9. The second kappa shape index (κ2) is 11.6. The molecular formula is C21H28N8O4S. The van der Waals surface area contributed by atoms with E-state index in [1.165, 1.54) is 28.3 Å². The monoisotopic (exact) mass is 488 g/mol. The van der Waals surface area contributed by atoms with E-state index < -0.39 is 11.2 Å². The fourth-order valence-corrected chi connectivity index (χ4v) is 4.10. The van der Waals surface area contributed by atoms with E-state index in [0.29, 0.717) is 23.9 Å². The Balaban J connectivity index is 1.86. The van der Waals surface area contributed by atoms with E-state index in [1.807, 2.05) is 19.1 Å². The second-order valence-corrected chi connectivity index (χ2v) is 8.37. The van der Waals surface area contributed by atoms with Crippen LogP contribution in [0.4, 0.5) is 11.5 Å². The smallest absolute Gasteiger partial charge is 0.330 e. The zero-order valence-corrected chi connectivity index (χ0v) is 20.2. The molecular weight excluding hydrogens is 460 g/mol. The molecule has 0 fully saturated rings. The fraction of sp³-hybridized carbons (Fsp3) is 0.429. The highest BCUT2D eigenvalue weighted by Crippen LogP contribution is 2.24. The van der Waals surface area contributed by atoms with Crippen LogP contribution >= 0.6 is 11.8 Å². The quantitative estimate of drug-likeness (QED) is 0.374. The van der Waals surface area contributed by atoms with E-state index in [0.717, 1.165) is 12.0 Å². The topological polar surface area (TPSA) is 154 Å². The van der Waals surface area contributed by atoms with Crippen LogP contribution in [-0.4, -0.2) is 61.2 Å². The molecule has 0 aliphatic rings. The molecule has 0 spiro atoms. The summed E-state index contributed by atoms with van der Waals surface area (Å²) in [6, 6.07) is 3.64. The molecule has 0 saturated carbocycles. The summed E-state index contributed by atoms with van der Waals surface area (Å²) in [4.78, 5) is 45.7. The molecule has 3 N–H and O–H groups in total. The van der Waals surface area contributed by atoms with Crippen LogP contribution in [-0.2, 0) is 23.1 Å². The molecule has 3 heterocycles. The number of H-pyrrole nitrogens is 1. The number of pyridine rings is 1. The van der Waals surface area contributed by atoms with Crippen LogP contribution in [0.15, 0.2) is 39.3 Å². The maximum atomic E-state index is 13.2. The summed E-state index contributed by atoms with van der Waals surface area (Å²) in [5, 5.41) is 8.91. The summed E-state index contributed by atoms with van der Waals surface area (Å²) < 4.78 is 8.18. The minimum atomic E-state index is -0.719. The first kappa shape index (κ1) is 25.2. The van der Waals surface area contributed by atoms with Gasteiger partial charge in [0.05, 0.1) is 12.4 Å². The summed E-state index contributed by atoms with van der Waals surface area (Å²) in [5.74, 6) is 0.180. The van der Waals surface area contributed by atoms with Crippen molar-refractivity contribution in [1.82, 2.24) is 29.3 Å². The van der Waals surface area contributed by atoms with Crippen molar-refractivity contribution < 1.29 is 9.53 Å². The van der Waals surface area contributed by atoms with Crippen molar-refractivity contribution in [2.45, 2.75) is 31.5 Å². The Morgan fingerprint density at radius 3 is 2.68 bits per heavy atom. The number of ether oxygens (including phenoxy) is 1. The lowest BCUT2D eigenvalue weighted by molar-refractivity contribution is -0.116. The van der Waals surface area contributed by atoms with E-state index in [9.17, 15) is 14.4 Å². The number of methoxy groups -OCH3 is 1. The number of nitrogens with zero attached hydrogens (tertiary/aromatic N) is 6.